The lowest BCUT2D eigenvalue weighted by atomic mass is 10.1. The molecule has 0 saturated heterocycles. The molecule has 1 heterocycles. The van der Waals surface area contributed by atoms with Gasteiger partial charge in [0.2, 0.25) is 0 Å². The van der Waals surface area contributed by atoms with Crippen LogP contribution in [0.4, 0.5) is 5.82 Å². The molecule has 0 aromatic carbocycles. The third-order valence-electron chi connectivity index (χ3n) is 3.92. The van der Waals surface area contributed by atoms with Crippen molar-refractivity contribution in [1.29, 1.82) is 0 Å². The minimum Gasteiger partial charge on any atom is -0.383 e. The number of hydrogen-bond donors (Lipinski definition) is 1. The predicted octanol–water partition coefficient (Wildman–Crippen LogP) is 2.45. The molecule has 2 N–H and O–H groups in total. The monoisotopic (exact) mass is 217 g/mol. The van der Waals surface area contributed by atoms with Gasteiger partial charge >= 0.3 is 0 Å². The summed E-state index contributed by atoms with van der Waals surface area (Å²) in [7, 11) is 0. The smallest absolute Gasteiger partial charge is 0.134 e. The van der Waals surface area contributed by atoms with Gasteiger partial charge in [-0.05, 0) is 38.0 Å². The van der Waals surface area contributed by atoms with Gasteiger partial charge in [-0.2, -0.15) is 0 Å². The van der Waals surface area contributed by atoms with Gasteiger partial charge in [0.1, 0.15) is 11.6 Å². The lowest BCUT2D eigenvalue weighted by Crippen LogP contribution is -2.08. The number of anilines is 1. The maximum absolute atomic E-state index is 6.07. The van der Waals surface area contributed by atoms with Crippen molar-refractivity contribution in [3.8, 4) is 0 Å². The van der Waals surface area contributed by atoms with E-state index in [1.807, 2.05) is 0 Å². The number of rotatable bonds is 1. The fourth-order valence-corrected chi connectivity index (χ4v) is 2.67. The van der Waals surface area contributed by atoms with Crippen LogP contribution in [0.25, 0.3) is 0 Å². The molecule has 0 bridgehead atoms. The van der Waals surface area contributed by atoms with Gasteiger partial charge in [0, 0.05) is 17.2 Å². The number of nitrogen functional groups attached to an aromatic ring is 1. The summed E-state index contributed by atoms with van der Waals surface area (Å²) in [6, 6.07) is 0. The van der Waals surface area contributed by atoms with Crippen LogP contribution in [-0.2, 0) is 12.8 Å². The van der Waals surface area contributed by atoms with E-state index in [1.54, 1.807) is 0 Å². The number of nitrogens with two attached hydrogens (primary N) is 1. The summed E-state index contributed by atoms with van der Waals surface area (Å²) < 4.78 is 0. The quantitative estimate of drug-likeness (QED) is 0.735. The average Bonchev–Trinajstić information content (AvgIpc) is 3.00. The topological polar surface area (TPSA) is 51.8 Å². The first-order valence-corrected chi connectivity index (χ1v) is 6.41. The molecule has 2 atom stereocenters. The van der Waals surface area contributed by atoms with Crippen molar-refractivity contribution in [3.05, 3.63) is 17.1 Å². The number of aromatic nitrogens is 2. The Balaban J connectivity index is 1.99. The molecule has 0 spiro atoms. The molecule has 0 amide bonds. The standard InChI is InChI=1S/C13H19N3/c1-8-7-10(8)13-15-11-6-4-2-3-5-9(11)12(14)16-13/h8,10H,2-7H2,1H3,(H2,14,15,16). The molecule has 2 unspecified atom stereocenters. The summed E-state index contributed by atoms with van der Waals surface area (Å²) in [6.07, 6.45) is 7.18. The highest BCUT2D eigenvalue weighted by Crippen LogP contribution is 2.45. The zero-order chi connectivity index (χ0) is 11.1. The Morgan fingerprint density at radius 1 is 1.12 bits per heavy atom. The van der Waals surface area contributed by atoms with Gasteiger partial charge in [0.15, 0.2) is 0 Å². The van der Waals surface area contributed by atoms with Gasteiger partial charge in [-0.25, -0.2) is 9.97 Å². The molecule has 1 fully saturated rings. The highest BCUT2D eigenvalue weighted by Gasteiger charge is 2.37. The molecule has 86 valence electrons. The summed E-state index contributed by atoms with van der Waals surface area (Å²) in [5, 5.41) is 0. The van der Waals surface area contributed by atoms with Crippen LogP contribution in [0.5, 0.6) is 0 Å². The Labute approximate surface area is 96.5 Å². The van der Waals surface area contributed by atoms with Gasteiger partial charge < -0.3 is 5.73 Å². The molecule has 1 saturated carbocycles. The number of aryl methyl sites for hydroxylation is 1. The van der Waals surface area contributed by atoms with Crippen LogP contribution < -0.4 is 5.73 Å². The van der Waals surface area contributed by atoms with E-state index in [0.29, 0.717) is 5.92 Å². The van der Waals surface area contributed by atoms with Crippen molar-refractivity contribution >= 4 is 5.82 Å². The average molecular weight is 217 g/mol. The zero-order valence-electron chi connectivity index (χ0n) is 9.87. The highest BCUT2D eigenvalue weighted by molar-refractivity contribution is 5.43. The molecular formula is C13H19N3. The van der Waals surface area contributed by atoms with Crippen molar-refractivity contribution in [3.63, 3.8) is 0 Å². The van der Waals surface area contributed by atoms with Gasteiger partial charge in [-0.3, -0.25) is 0 Å². The van der Waals surface area contributed by atoms with E-state index in [-0.39, 0.29) is 0 Å². The second kappa shape index (κ2) is 3.72. The Kier molecular flexibility index (Phi) is 2.34. The lowest BCUT2D eigenvalue weighted by molar-refractivity contribution is 0.707. The minimum absolute atomic E-state index is 0.579. The Bertz CT molecular complexity index is 414. The van der Waals surface area contributed by atoms with Crippen LogP contribution in [0.3, 0.4) is 0 Å². The van der Waals surface area contributed by atoms with Crippen molar-refractivity contribution in [2.75, 3.05) is 5.73 Å². The predicted molar refractivity (Wildman–Crippen MR) is 64.2 cm³/mol. The number of fused-ring (bicyclic) bond motifs is 1. The summed E-state index contributed by atoms with van der Waals surface area (Å²) in [6.45, 7) is 2.26. The van der Waals surface area contributed by atoms with Gasteiger partial charge in [-0.15, -0.1) is 0 Å². The fourth-order valence-electron chi connectivity index (χ4n) is 2.67. The first kappa shape index (κ1) is 10.1. The Morgan fingerprint density at radius 3 is 2.62 bits per heavy atom. The van der Waals surface area contributed by atoms with E-state index < -0.39 is 0 Å². The Hall–Kier alpha value is -1.12. The fraction of sp³-hybridized carbons (Fsp3) is 0.692. The normalized spacial score (nSPS) is 28.3. The zero-order valence-corrected chi connectivity index (χ0v) is 9.87. The van der Waals surface area contributed by atoms with Crippen LogP contribution in [0.2, 0.25) is 0 Å². The first-order chi connectivity index (χ1) is 7.75. The summed E-state index contributed by atoms with van der Waals surface area (Å²) in [4.78, 5) is 9.26. The lowest BCUT2D eigenvalue weighted by Gasteiger charge is -2.09. The molecule has 1 aromatic heterocycles. The molecule has 3 rings (SSSR count). The van der Waals surface area contributed by atoms with E-state index in [4.69, 9.17) is 10.7 Å². The molecule has 1 aromatic rings. The Morgan fingerprint density at radius 2 is 1.88 bits per heavy atom. The molecule has 0 radical (unpaired) electrons. The largest absolute Gasteiger partial charge is 0.383 e. The van der Waals surface area contributed by atoms with E-state index in [2.05, 4.69) is 11.9 Å². The van der Waals surface area contributed by atoms with Crippen molar-refractivity contribution in [1.82, 2.24) is 9.97 Å². The van der Waals surface area contributed by atoms with Crippen LogP contribution in [0.1, 0.15) is 55.6 Å². The maximum atomic E-state index is 6.07. The minimum atomic E-state index is 0.579. The molecule has 16 heavy (non-hydrogen) atoms. The van der Waals surface area contributed by atoms with E-state index >= 15 is 0 Å². The maximum Gasteiger partial charge on any atom is 0.134 e. The van der Waals surface area contributed by atoms with Crippen molar-refractivity contribution in [2.24, 2.45) is 5.92 Å². The molecule has 2 aliphatic rings. The first-order valence-electron chi connectivity index (χ1n) is 6.41. The second-order valence-electron chi connectivity index (χ2n) is 5.27. The van der Waals surface area contributed by atoms with Crippen LogP contribution in [0.15, 0.2) is 0 Å². The van der Waals surface area contributed by atoms with Gasteiger partial charge in [-0.1, -0.05) is 13.3 Å². The molecule has 0 aliphatic heterocycles. The van der Waals surface area contributed by atoms with Gasteiger partial charge in [0.05, 0.1) is 0 Å². The third-order valence-corrected chi connectivity index (χ3v) is 3.92. The third kappa shape index (κ3) is 1.68. The SMILES string of the molecule is CC1CC1c1nc(N)c2c(n1)CCCCC2. The van der Waals surface area contributed by atoms with Crippen molar-refractivity contribution in [2.45, 2.75) is 51.4 Å². The van der Waals surface area contributed by atoms with E-state index in [0.717, 1.165) is 30.4 Å². The summed E-state index contributed by atoms with van der Waals surface area (Å²) >= 11 is 0. The van der Waals surface area contributed by atoms with Gasteiger partial charge in [0.25, 0.3) is 0 Å². The molecule has 2 aliphatic carbocycles. The second-order valence-corrected chi connectivity index (χ2v) is 5.27. The number of hydrogen-bond acceptors (Lipinski definition) is 3. The van der Waals surface area contributed by atoms with Crippen LogP contribution in [-0.4, -0.2) is 9.97 Å². The van der Waals surface area contributed by atoms with Crippen LogP contribution in [0, 0.1) is 5.92 Å². The molecule has 3 heteroatoms. The van der Waals surface area contributed by atoms with E-state index in [9.17, 15) is 0 Å². The highest BCUT2D eigenvalue weighted by atomic mass is 15.0. The number of nitrogens with zero attached hydrogens (tertiary/aromatic N) is 2. The summed E-state index contributed by atoms with van der Waals surface area (Å²) in [5.41, 5.74) is 8.54. The van der Waals surface area contributed by atoms with E-state index in [1.165, 1.54) is 36.9 Å². The summed E-state index contributed by atoms with van der Waals surface area (Å²) in [5.74, 6) is 3.09. The molecule has 3 nitrogen and oxygen atoms in total. The molecular weight excluding hydrogens is 198 g/mol. The van der Waals surface area contributed by atoms with Crippen LogP contribution >= 0.6 is 0 Å². The van der Waals surface area contributed by atoms with Crippen molar-refractivity contribution < 1.29 is 0 Å².